The molecule has 5 nitrogen and oxygen atoms in total. The molecule has 0 radical (unpaired) electrons. The lowest BCUT2D eigenvalue weighted by atomic mass is 10.1. The summed E-state index contributed by atoms with van der Waals surface area (Å²) in [4.78, 5) is 4.48. The Kier molecular flexibility index (Phi) is 3.81. The van der Waals surface area contributed by atoms with E-state index in [1.54, 1.807) is 0 Å². The molecule has 3 aromatic rings. The number of H-pyrrole nitrogens is 1. The Bertz CT molecular complexity index is 700. The molecule has 108 valence electrons. The van der Waals surface area contributed by atoms with Crippen LogP contribution in [-0.2, 0) is 12.8 Å². The Morgan fingerprint density at radius 2 is 2.00 bits per heavy atom. The molecule has 21 heavy (non-hydrogen) atoms. The average molecular weight is 282 g/mol. The van der Waals surface area contributed by atoms with E-state index in [9.17, 15) is 0 Å². The van der Waals surface area contributed by atoms with Gasteiger partial charge in [0.2, 0.25) is 5.82 Å². The first-order chi connectivity index (χ1) is 10.2. The number of nitrogens with zero attached hydrogens (tertiary/aromatic N) is 3. The lowest BCUT2D eigenvalue weighted by Crippen LogP contribution is -1.91. The third-order valence-electron chi connectivity index (χ3n) is 3.14. The van der Waals surface area contributed by atoms with Gasteiger partial charge in [0.25, 0.3) is 0 Å². The van der Waals surface area contributed by atoms with Crippen LogP contribution in [0.25, 0.3) is 11.5 Å². The summed E-state index contributed by atoms with van der Waals surface area (Å²) in [5.74, 6) is 2.81. The number of benzene rings is 1. The lowest BCUT2D eigenvalue weighted by Gasteiger charge is -1.96. The van der Waals surface area contributed by atoms with Gasteiger partial charge in [0.05, 0.1) is 0 Å². The fourth-order valence-electron chi connectivity index (χ4n) is 2.20. The van der Waals surface area contributed by atoms with Gasteiger partial charge in [-0.15, -0.1) is 0 Å². The third-order valence-corrected chi connectivity index (χ3v) is 3.14. The van der Waals surface area contributed by atoms with E-state index < -0.39 is 0 Å². The van der Waals surface area contributed by atoms with Gasteiger partial charge in [0.15, 0.2) is 5.69 Å². The largest absolute Gasteiger partial charge is 0.361 e. The van der Waals surface area contributed by atoms with Gasteiger partial charge in [-0.05, 0) is 11.5 Å². The second kappa shape index (κ2) is 5.91. The van der Waals surface area contributed by atoms with Crippen LogP contribution >= 0.6 is 0 Å². The predicted molar refractivity (Wildman–Crippen MR) is 79.7 cm³/mol. The van der Waals surface area contributed by atoms with Gasteiger partial charge in [-0.25, -0.2) is 4.98 Å². The first kappa shape index (κ1) is 13.5. The van der Waals surface area contributed by atoms with Crippen molar-refractivity contribution >= 4 is 0 Å². The smallest absolute Gasteiger partial charge is 0.203 e. The van der Waals surface area contributed by atoms with E-state index in [0.717, 1.165) is 24.4 Å². The first-order valence-electron chi connectivity index (χ1n) is 7.12. The van der Waals surface area contributed by atoms with Crippen LogP contribution < -0.4 is 0 Å². The van der Waals surface area contributed by atoms with Gasteiger partial charge in [-0.1, -0.05) is 49.3 Å². The molecule has 0 bridgehead atoms. The summed E-state index contributed by atoms with van der Waals surface area (Å²) >= 11 is 0. The zero-order valence-corrected chi connectivity index (χ0v) is 12.2. The molecule has 0 saturated carbocycles. The van der Waals surface area contributed by atoms with Crippen LogP contribution in [0.4, 0.5) is 0 Å². The Balaban J connectivity index is 1.74. The summed E-state index contributed by atoms with van der Waals surface area (Å²) in [5.41, 5.74) is 1.88. The van der Waals surface area contributed by atoms with Crippen LogP contribution in [0.2, 0.25) is 0 Å². The molecule has 0 aliphatic rings. The molecule has 0 saturated heterocycles. The highest BCUT2D eigenvalue weighted by atomic mass is 16.5. The fraction of sp³-hybridized carbons (Fsp3) is 0.312. The van der Waals surface area contributed by atoms with Crippen LogP contribution in [0, 0.1) is 5.92 Å². The van der Waals surface area contributed by atoms with Crippen molar-refractivity contribution in [3.63, 3.8) is 0 Å². The first-order valence-corrected chi connectivity index (χ1v) is 7.12. The van der Waals surface area contributed by atoms with Gasteiger partial charge < -0.3 is 4.52 Å². The SMILES string of the molecule is CC(C)Cc1cc(-c2n[nH]c(Cc3ccccc3)n2)no1. The van der Waals surface area contributed by atoms with E-state index in [1.165, 1.54) is 5.56 Å². The summed E-state index contributed by atoms with van der Waals surface area (Å²) in [6.45, 7) is 4.29. The van der Waals surface area contributed by atoms with E-state index in [4.69, 9.17) is 4.52 Å². The standard InChI is InChI=1S/C16H18N4O/c1-11(2)8-13-10-14(20-21-13)16-17-15(18-19-16)9-12-6-4-3-5-7-12/h3-7,10-11H,8-9H2,1-2H3,(H,17,18,19). The lowest BCUT2D eigenvalue weighted by molar-refractivity contribution is 0.370. The highest BCUT2D eigenvalue weighted by Crippen LogP contribution is 2.17. The Morgan fingerprint density at radius 3 is 2.76 bits per heavy atom. The molecule has 0 aliphatic heterocycles. The number of aromatic nitrogens is 4. The Labute approximate surface area is 123 Å². The van der Waals surface area contributed by atoms with Crippen molar-refractivity contribution in [2.45, 2.75) is 26.7 Å². The third kappa shape index (κ3) is 3.37. The highest BCUT2D eigenvalue weighted by Gasteiger charge is 2.12. The van der Waals surface area contributed by atoms with Crippen molar-refractivity contribution in [1.29, 1.82) is 0 Å². The number of nitrogens with one attached hydrogen (secondary N) is 1. The molecule has 0 unspecified atom stereocenters. The van der Waals surface area contributed by atoms with Crippen molar-refractivity contribution < 1.29 is 4.52 Å². The molecule has 0 atom stereocenters. The maximum atomic E-state index is 5.31. The number of rotatable bonds is 5. The minimum Gasteiger partial charge on any atom is -0.361 e. The maximum absolute atomic E-state index is 5.31. The molecular formula is C16H18N4O. The highest BCUT2D eigenvalue weighted by molar-refractivity contribution is 5.48. The molecule has 5 heteroatoms. The summed E-state index contributed by atoms with van der Waals surface area (Å²) in [6.07, 6.45) is 1.60. The van der Waals surface area contributed by atoms with Crippen molar-refractivity contribution in [1.82, 2.24) is 20.3 Å². The number of hydrogen-bond acceptors (Lipinski definition) is 4. The summed E-state index contributed by atoms with van der Waals surface area (Å²) in [5, 5.41) is 11.2. The zero-order chi connectivity index (χ0) is 14.7. The van der Waals surface area contributed by atoms with E-state index in [0.29, 0.717) is 17.4 Å². The maximum Gasteiger partial charge on any atom is 0.203 e. The van der Waals surface area contributed by atoms with E-state index in [1.807, 2.05) is 24.3 Å². The molecule has 0 amide bonds. The second-order valence-electron chi connectivity index (χ2n) is 5.54. The van der Waals surface area contributed by atoms with Gasteiger partial charge in [-0.3, -0.25) is 5.10 Å². The molecule has 0 aliphatic carbocycles. The molecule has 2 aromatic heterocycles. The van der Waals surface area contributed by atoms with Crippen LogP contribution in [0.5, 0.6) is 0 Å². The number of hydrogen-bond donors (Lipinski definition) is 1. The zero-order valence-electron chi connectivity index (χ0n) is 12.2. The van der Waals surface area contributed by atoms with Gasteiger partial charge in [-0.2, -0.15) is 5.10 Å². The average Bonchev–Trinajstić information content (AvgIpc) is 3.08. The molecule has 1 N–H and O–H groups in total. The van der Waals surface area contributed by atoms with Gasteiger partial charge in [0, 0.05) is 18.9 Å². The van der Waals surface area contributed by atoms with Gasteiger partial charge in [0.1, 0.15) is 11.6 Å². The normalized spacial score (nSPS) is 11.2. The Hall–Kier alpha value is -2.43. The predicted octanol–water partition coefficient (Wildman–Crippen LogP) is 3.25. The Morgan fingerprint density at radius 1 is 1.19 bits per heavy atom. The van der Waals surface area contributed by atoms with Crippen LogP contribution in [0.15, 0.2) is 40.9 Å². The van der Waals surface area contributed by atoms with Crippen molar-refractivity contribution in [3.8, 4) is 11.5 Å². The van der Waals surface area contributed by atoms with Crippen LogP contribution in [0.3, 0.4) is 0 Å². The van der Waals surface area contributed by atoms with Crippen LogP contribution in [0.1, 0.15) is 31.0 Å². The van der Waals surface area contributed by atoms with Crippen LogP contribution in [-0.4, -0.2) is 20.3 Å². The summed E-state index contributed by atoms with van der Waals surface area (Å²) < 4.78 is 5.31. The van der Waals surface area contributed by atoms with E-state index in [-0.39, 0.29) is 0 Å². The number of aromatic amines is 1. The van der Waals surface area contributed by atoms with Gasteiger partial charge >= 0.3 is 0 Å². The quantitative estimate of drug-likeness (QED) is 0.780. The summed E-state index contributed by atoms with van der Waals surface area (Å²) in [7, 11) is 0. The molecular weight excluding hydrogens is 264 g/mol. The molecule has 2 heterocycles. The second-order valence-corrected chi connectivity index (χ2v) is 5.54. The topological polar surface area (TPSA) is 67.6 Å². The van der Waals surface area contributed by atoms with E-state index in [2.05, 4.69) is 46.3 Å². The molecule has 3 rings (SSSR count). The van der Waals surface area contributed by atoms with Crippen molar-refractivity contribution in [2.24, 2.45) is 5.92 Å². The fourth-order valence-corrected chi connectivity index (χ4v) is 2.20. The van der Waals surface area contributed by atoms with Crippen molar-refractivity contribution in [2.75, 3.05) is 0 Å². The monoisotopic (exact) mass is 282 g/mol. The molecule has 0 spiro atoms. The summed E-state index contributed by atoms with van der Waals surface area (Å²) in [6, 6.07) is 12.1. The molecule has 0 fully saturated rings. The molecule has 1 aromatic carbocycles. The minimum absolute atomic E-state index is 0.534. The van der Waals surface area contributed by atoms with Crippen molar-refractivity contribution in [3.05, 3.63) is 53.5 Å². The van der Waals surface area contributed by atoms with E-state index >= 15 is 0 Å². The minimum atomic E-state index is 0.534.